The molecular formula is C34H38BrFN4O5S. The molecule has 9 nitrogen and oxygen atoms in total. The number of aromatic nitrogens is 2. The number of fused-ring (bicyclic) bond motifs is 1. The molecule has 244 valence electrons. The predicted octanol–water partition coefficient (Wildman–Crippen LogP) is 7.18. The average molecular weight is 714 g/mol. The van der Waals surface area contributed by atoms with E-state index in [1.807, 2.05) is 42.5 Å². The number of halogens is 2. The molecule has 1 aliphatic rings. The average Bonchev–Trinajstić information content (AvgIpc) is 3.51. The Labute approximate surface area is 277 Å². The van der Waals surface area contributed by atoms with Crippen LogP contribution >= 0.6 is 15.9 Å². The monoisotopic (exact) mass is 712 g/mol. The van der Waals surface area contributed by atoms with Crippen molar-refractivity contribution in [2.24, 2.45) is 0 Å². The Balaban J connectivity index is 1.32. The largest absolute Gasteiger partial charge is 0.496 e. The van der Waals surface area contributed by atoms with Crippen molar-refractivity contribution in [2.45, 2.75) is 50.6 Å². The van der Waals surface area contributed by atoms with Gasteiger partial charge in [0.25, 0.3) is 0 Å². The summed E-state index contributed by atoms with van der Waals surface area (Å²) in [6.07, 6.45) is 7.35. The van der Waals surface area contributed by atoms with Gasteiger partial charge in [-0.3, -0.25) is 0 Å². The van der Waals surface area contributed by atoms with E-state index in [-0.39, 0.29) is 23.4 Å². The van der Waals surface area contributed by atoms with E-state index in [4.69, 9.17) is 14.2 Å². The zero-order valence-corrected chi connectivity index (χ0v) is 28.5. The van der Waals surface area contributed by atoms with E-state index < -0.39 is 15.4 Å². The highest BCUT2D eigenvalue weighted by molar-refractivity contribution is 9.10. The number of rotatable bonds is 15. The van der Waals surface area contributed by atoms with Crippen LogP contribution in [-0.2, 0) is 26.8 Å². The fourth-order valence-electron chi connectivity index (χ4n) is 5.34. The van der Waals surface area contributed by atoms with Gasteiger partial charge in [0.2, 0.25) is 0 Å². The predicted molar refractivity (Wildman–Crippen MR) is 182 cm³/mol. The van der Waals surface area contributed by atoms with Crippen LogP contribution in [-0.4, -0.2) is 49.6 Å². The van der Waals surface area contributed by atoms with Gasteiger partial charge in [-0.2, -0.15) is 0 Å². The lowest BCUT2D eigenvalue weighted by Crippen LogP contribution is -2.30. The van der Waals surface area contributed by atoms with Gasteiger partial charge in [-0.25, -0.2) is 22.8 Å². The molecule has 0 amide bonds. The van der Waals surface area contributed by atoms with Crippen molar-refractivity contribution in [1.29, 1.82) is 0 Å². The number of nitrogens with zero attached hydrogens (tertiary/aromatic N) is 2. The van der Waals surface area contributed by atoms with Crippen LogP contribution in [0, 0.1) is 5.82 Å². The SMILES string of the molecule is COc1cc2ncnc(Nc3ccc(OCc4cccc(F)c4)c(Br)c3)c2cc1C1(CCCNCCS(=O)(=O)C(C)C)CC=CO1. The first-order chi connectivity index (χ1) is 22.1. The smallest absolute Gasteiger partial charge is 0.153 e. The second-order valence-electron chi connectivity index (χ2n) is 11.4. The zero-order chi connectivity index (χ0) is 32.7. The van der Waals surface area contributed by atoms with Gasteiger partial charge in [0.15, 0.2) is 9.84 Å². The van der Waals surface area contributed by atoms with Gasteiger partial charge in [0, 0.05) is 35.7 Å². The Morgan fingerprint density at radius 3 is 2.65 bits per heavy atom. The van der Waals surface area contributed by atoms with Crippen LogP contribution in [0.4, 0.5) is 15.9 Å². The molecule has 0 aliphatic carbocycles. The van der Waals surface area contributed by atoms with Crippen LogP contribution < -0.4 is 20.1 Å². The maximum absolute atomic E-state index is 13.5. The highest BCUT2D eigenvalue weighted by Crippen LogP contribution is 2.45. The molecule has 1 aliphatic heterocycles. The highest BCUT2D eigenvalue weighted by atomic mass is 79.9. The number of anilines is 2. The molecule has 0 spiro atoms. The molecule has 0 bridgehead atoms. The Bertz CT molecular complexity index is 1810. The van der Waals surface area contributed by atoms with Crippen molar-refractivity contribution in [3.05, 3.63) is 94.7 Å². The van der Waals surface area contributed by atoms with E-state index in [1.54, 1.807) is 33.3 Å². The number of benzene rings is 3. The van der Waals surface area contributed by atoms with Crippen LogP contribution in [0.1, 0.15) is 44.2 Å². The normalized spacial score (nSPS) is 16.1. The number of ether oxygens (including phenoxy) is 3. The number of hydrogen-bond donors (Lipinski definition) is 2. The maximum atomic E-state index is 13.5. The first kappa shape index (κ1) is 33.6. The summed E-state index contributed by atoms with van der Waals surface area (Å²) in [6.45, 7) is 4.71. The van der Waals surface area contributed by atoms with E-state index in [0.717, 1.165) is 33.1 Å². The van der Waals surface area contributed by atoms with E-state index in [0.29, 0.717) is 48.8 Å². The molecule has 0 saturated carbocycles. The Morgan fingerprint density at radius 2 is 1.93 bits per heavy atom. The third-order valence-corrected chi connectivity index (χ3v) is 10.8. The first-order valence-electron chi connectivity index (χ1n) is 15.1. The maximum Gasteiger partial charge on any atom is 0.153 e. The van der Waals surface area contributed by atoms with Gasteiger partial charge in [-0.05, 0) is 97.2 Å². The highest BCUT2D eigenvalue weighted by Gasteiger charge is 2.38. The van der Waals surface area contributed by atoms with E-state index in [1.165, 1.54) is 18.5 Å². The molecule has 3 aromatic carbocycles. The summed E-state index contributed by atoms with van der Waals surface area (Å²) in [4.78, 5) is 9.05. The van der Waals surface area contributed by atoms with Gasteiger partial charge in [0.1, 0.15) is 41.7 Å². The Hall–Kier alpha value is -3.74. The molecule has 4 aromatic rings. The molecule has 12 heteroatoms. The molecule has 1 aromatic heterocycles. The minimum Gasteiger partial charge on any atom is -0.496 e. The molecule has 0 radical (unpaired) electrons. The third-order valence-electron chi connectivity index (χ3n) is 7.98. The summed E-state index contributed by atoms with van der Waals surface area (Å²) < 4.78 is 56.6. The van der Waals surface area contributed by atoms with Crippen LogP contribution in [0.2, 0.25) is 0 Å². The molecule has 2 heterocycles. The minimum atomic E-state index is -3.08. The van der Waals surface area contributed by atoms with Gasteiger partial charge < -0.3 is 24.8 Å². The van der Waals surface area contributed by atoms with E-state index in [2.05, 4.69) is 36.5 Å². The summed E-state index contributed by atoms with van der Waals surface area (Å²) in [5, 5.41) is 7.09. The van der Waals surface area contributed by atoms with E-state index in [9.17, 15) is 12.8 Å². The fraction of sp³-hybridized carbons (Fsp3) is 0.353. The van der Waals surface area contributed by atoms with Crippen LogP contribution in [0.25, 0.3) is 10.9 Å². The summed E-state index contributed by atoms with van der Waals surface area (Å²) in [7, 11) is -1.45. The van der Waals surface area contributed by atoms with Gasteiger partial charge in [-0.15, -0.1) is 0 Å². The van der Waals surface area contributed by atoms with Crippen LogP contribution in [0.3, 0.4) is 0 Å². The number of sulfone groups is 1. The topological polar surface area (TPSA) is 112 Å². The third kappa shape index (κ3) is 7.97. The number of hydrogen-bond acceptors (Lipinski definition) is 9. The summed E-state index contributed by atoms with van der Waals surface area (Å²) in [5.74, 6) is 1.72. The van der Waals surface area contributed by atoms with Crippen LogP contribution in [0.5, 0.6) is 11.5 Å². The molecule has 1 unspecified atom stereocenters. The zero-order valence-electron chi connectivity index (χ0n) is 26.1. The molecular weight excluding hydrogens is 675 g/mol. The lowest BCUT2D eigenvalue weighted by molar-refractivity contribution is 0.0284. The van der Waals surface area contributed by atoms with Crippen molar-refractivity contribution < 1.29 is 27.0 Å². The van der Waals surface area contributed by atoms with E-state index >= 15 is 0 Å². The molecule has 1 atom stereocenters. The van der Waals surface area contributed by atoms with Gasteiger partial charge in [0.05, 0.1) is 34.4 Å². The number of methoxy groups -OCH3 is 1. The summed E-state index contributed by atoms with van der Waals surface area (Å²) in [6, 6.07) is 15.9. The second kappa shape index (κ2) is 14.8. The van der Waals surface area contributed by atoms with Crippen molar-refractivity contribution >= 4 is 48.2 Å². The van der Waals surface area contributed by atoms with Crippen molar-refractivity contribution in [1.82, 2.24) is 15.3 Å². The van der Waals surface area contributed by atoms with Gasteiger partial charge >= 0.3 is 0 Å². The first-order valence-corrected chi connectivity index (χ1v) is 17.6. The van der Waals surface area contributed by atoms with Crippen molar-refractivity contribution in [3.63, 3.8) is 0 Å². The van der Waals surface area contributed by atoms with Gasteiger partial charge in [-0.1, -0.05) is 12.1 Å². The minimum absolute atomic E-state index is 0.114. The Morgan fingerprint density at radius 1 is 1.09 bits per heavy atom. The number of nitrogens with one attached hydrogen (secondary N) is 2. The standard InChI is InChI=1S/C34H38BrFN4O5S/c1-23(2)46(41,42)16-14-37-13-5-11-34(12-6-15-45-34)28-19-27-30(20-32(28)43-3)38-22-39-33(27)40-26-9-10-31(29(35)18-26)44-21-24-7-4-8-25(36)17-24/h4,6-10,15,17-20,22-23,37H,5,11-14,16,21H2,1-3H3,(H,38,39,40). The van der Waals surface area contributed by atoms with Crippen LogP contribution in [0.15, 0.2) is 77.7 Å². The van der Waals surface area contributed by atoms with Crippen molar-refractivity contribution in [3.8, 4) is 11.5 Å². The fourth-order valence-corrected chi connectivity index (χ4v) is 6.73. The second-order valence-corrected chi connectivity index (χ2v) is 15.0. The Kier molecular flexibility index (Phi) is 10.8. The molecule has 0 saturated heterocycles. The molecule has 0 fully saturated rings. The molecule has 46 heavy (non-hydrogen) atoms. The summed E-state index contributed by atoms with van der Waals surface area (Å²) in [5.41, 5.74) is 2.46. The lowest BCUT2D eigenvalue weighted by atomic mass is 9.85. The molecule has 2 N–H and O–H groups in total. The molecule has 5 rings (SSSR count). The quantitative estimate of drug-likeness (QED) is 0.124. The summed E-state index contributed by atoms with van der Waals surface area (Å²) >= 11 is 3.59. The van der Waals surface area contributed by atoms with Crippen molar-refractivity contribution in [2.75, 3.05) is 31.3 Å². The lowest BCUT2D eigenvalue weighted by Gasteiger charge is -2.31.